The number of nitrogens with one attached hydrogen (secondary N) is 2. The summed E-state index contributed by atoms with van der Waals surface area (Å²) < 4.78 is 26.1. The van der Waals surface area contributed by atoms with Crippen molar-refractivity contribution in [3.05, 3.63) is 47.5 Å². The molecule has 5 rings (SSSR count). The predicted molar refractivity (Wildman–Crippen MR) is 134 cm³/mol. The number of likely N-dealkylation sites (tertiary alicyclic amines) is 1. The molecule has 34 heavy (non-hydrogen) atoms. The summed E-state index contributed by atoms with van der Waals surface area (Å²) in [5.41, 5.74) is 0.905. The van der Waals surface area contributed by atoms with E-state index in [2.05, 4.69) is 25.5 Å². The number of hydrogen-bond donors (Lipinski definition) is 2. The van der Waals surface area contributed by atoms with Crippen LogP contribution in [0.15, 0.2) is 36.7 Å². The van der Waals surface area contributed by atoms with Gasteiger partial charge in [0.15, 0.2) is 17.3 Å². The monoisotopic (exact) mass is 507 g/mol. The van der Waals surface area contributed by atoms with E-state index in [9.17, 15) is 4.39 Å². The molecule has 0 spiro atoms. The fourth-order valence-electron chi connectivity index (χ4n) is 4.83. The molecule has 2 aliphatic heterocycles. The van der Waals surface area contributed by atoms with E-state index >= 15 is 0 Å². The minimum atomic E-state index is -0.530. The second kappa shape index (κ2) is 10.9. The maximum Gasteiger partial charge on any atom is 0.165 e. The van der Waals surface area contributed by atoms with Crippen LogP contribution in [0.2, 0.25) is 5.02 Å². The number of anilines is 2. The van der Waals surface area contributed by atoms with Crippen LogP contribution in [-0.2, 0) is 0 Å². The van der Waals surface area contributed by atoms with Crippen molar-refractivity contribution in [2.45, 2.75) is 18.9 Å². The van der Waals surface area contributed by atoms with Crippen molar-refractivity contribution < 1.29 is 13.9 Å². The maximum atomic E-state index is 14.4. The fraction of sp³-hybridized carbons (Fsp3) is 0.417. The average molecular weight is 508 g/mol. The van der Waals surface area contributed by atoms with E-state index < -0.39 is 5.82 Å². The highest BCUT2D eigenvalue weighted by molar-refractivity contribution is 6.31. The lowest BCUT2D eigenvalue weighted by Crippen LogP contribution is -2.35. The maximum absolute atomic E-state index is 14.4. The number of halogens is 3. The molecular formula is C24H28Cl2FN5O2. The number of methoxy groups -OCH3 is 1. The standard InChI is InChI=1S/C24H27ClFN5O2.ClH/c1-32-21-11-19-16(24(29-14-28-19)30-18-5-2-4-17(25)23(18)26)10-22(21)33-9-3-7-31-8-6-15-12-27-13-20(15)31;/h2,4-5,10-11,14-15,20,27H,3,6-9,12-13H2,1H3,(H,28,29,30);1H/t15-,20+;/m0./s1. The van der Waals surface area contributed by atoms with Crippen LogP contribution in [0.4, 0.5) is 15.9 Å². The molecule has 2 fully saturated rings. The highest BCUT2D eigenvalue weighted by Gasteiger charge is 2.36. The first kappa shape index (κ1) is 24.7. The van der Waals surface area contributed by atoms with Gasteiger partial charge < -0.3 is 20.1 Å². The van der Waals surface area contributed by atoms with Crippen LogP contribution >= 0.6 is 24.0 Å². The molecule has 0 unspecified atom stereocenters. The molecule has 182 valence electrons. The lowest BCUT2D eigenvalue weighted by atomic mass is 10.1. The number of fused-ring (bicyclic) bond motifs is 2. The van der Waals surface area contributed by atoms with Crippen molar-refractivity contribution in [2.24, 2.45) is 5.92 Å². The molecule has 0 bridgehead atoms. The van der Waals surface area contributed by atoms with Crippen LogP contribution in [0.5, 0.6) is 11.5 Å². The van der Waals surface area contributed by atoms with Crippen LogP contribution < -0.4 is 20.1 Å². The van der Waals surface area contributed by atoms with Gasteiger partial charge in [-0.15, -0.1) is 12.4 Å². The smallest absolute Gasteiger partial charge is 0.165 e. The van der Waals surface area contributed by atoms with Crippen LogP contribution in [0.25, 0.3) is 10.9 Å². The summed E-state index contributed by atoms with van der Waals surface area (Å²) in [7, 11) is 1.60. The Morgan fingerprint density at radius 3 is 2.97 bits per heavy atom. The molecule has 2 N–H and O–H groups in total. The van der Waals surface area contributed by atoms with Gasteiger partial charge in [0.1, 0.15) is 12.1 Å². The molecule has 3 heterocycles. The van der Waals surface area contributed by atoms with E-state index in [1.165, 1.54) is 25.4 Å². The quantitative estimate of drug-likeness (QED) is 0.429. The average Bonchev–Trinajstić information content (AvgIpc) is 3.44. The number of ether oxygens (including phenoxy) is 2. The van der Waals surface area contributed by atoms with Crippen LogP contribution in [0.1, 0.15) is 12.8 Å². The largest absolute Gasteiger partial charge is 0.493 e. The summed E-state index contributed by atoms with van der Waals surface area (Å²) in [5, 5.41) is 7.26. The van der Waals surface area contributed by atoms with Gasteiger partial charge in [0.05, 0.1) is 29.9 Å². The zero-order valence-electron chi connectivity index (χ0n) is 18.9. The summed E-state index contributed by atoms with van der Waals surface area (Å²) in [6.45, 7) is 4.99. The van der Waals surface area contributed by atoms with Crippen molar-refractivity contribution in [2.75, 3.05) is 45.2 Å². The number of rotatable bonds is 8. The van der Waals surface area contributed by atoms with Gasteiger partial charge >= 0.3 is 0 Å². The van der Waals surface area contributed by atoms with Crippen LogP contribution in [0, 0.1) is 11.7 Å². The van der Waals surface area contributed by atoms with E-state index in [0.29, 0.717) is 40.9 Å². The molecule has 1 aromatic heterocycles. The molecule has 0 amide bonds. The van der Waals surface area contributed by atoms with Gasteiger partial charge in [-0.1, -0.05) is 17.7 Å². The van der Waals surface area contributed by atoms with Gasteiger partial charge in [-0.3, -0.25) is 4.90 Å². The molecule has 3 aromatic rings. The minimum Gasteiger partial charge on any atom is -0.493 e. The van der Waals surface area contributed by atoms with Gasteiger partial charge in [-0.25, -0.2) is 14.4 Å². The van der Waals surface area contributed by atoms with E-state index in [1.807, 2.05) is 6.07 Å². The Labute approximate surface area is 209 Å². The second-order valence-electron chi connectivity index (χ2n) is 8.48. The van der Waals surface area contributed by atoms with Crippen molar-refractivity contribution >= 4 is 46.4 Å². The Kier molecular flexibility index (Phi) is 7.93. The Bertz CT molecular complexity index is 1150. The number of nitrogens with zero attached hydrogens (tertiary/aromatic N) is 3. The first-order valence-electron chi connectivity index (χ1n) is 11.3. The summed E-state index contributed by atoms with van der Waals surface area (Å²) in [5.74, 6) is 1.93. The van der Waals surface area contributed by atoms with Gasteiger partial charge in [0.2, 0.25) is 0 Å². The van der Waals surface area contributed by atoms with E-state index in [4.69, 9.17) is 21.1 Å². The van der Waals surface area contributed by atoms with E-state index in [1.54, 1.807) is 25.3 Å². The normalized spacial score (nSPS) is 19.6. The fourth-order valence-corrected chi connectivity index (χ4v) is 5.00. The molecule has 2 saturated heterocycles. The highest BCUT2D eigenvalue weighted by atomic mass is 35.5. The van der Waals surface area contributed by atoms with Crippen LogP contribution in [0.3, 0.4) is 0 Å². The SMILES string of the molecule is COc1cc2ncnc(Nc3cccc(Cl)c3F)c2cc1OCCCN1CC[C@H]2CNC[C@H]21.Cl. The lowest BCUT2D eigenvalue weighted by molar-refractivity contribution is 0.217. The molecule has 10 heteroatoms. The molecule has 0 aliphatic carbocycles. The Morgan fingerprint density at radius 1 is 1.24 bits per heavy atom. The highest BCUT2D eigenvalue weighted by Crippen LogP contribution is 2.35. The topological polar surface area (TPSA) is 71.5 Å². The summed E-state index contributed by atoms with van der Waals surface area (Å²) in [4.78, 5) is 11.2. The molecule has 2 aliphatic rings. The summed E-state index contributed by atoms with van der Waals surface area (Å²) in [6, 6.07) is 9.10. The van der Waals surface area contributed by atoms with Crippen molar-refractivity contribution in [1.82, 2.24) is 20.2 Å². The van der Waals surface area contributed by atoms with Gasteiger partial charge in [-0.05, 0) is 50.0 Å². The molecule has 0 radical (unpaired) electrons. The first-order chi connectivity index (χ1) is 16.1. The van der Waals surface area contributed by atoms with Crippen LogP contribution in [-0.4, -0.2) is 60.8 Å². The summed E-state index contributed by atoms with van der Waals surface area (Å²) in [6.07, 6.45) is 3.63. The summed E-state index contributed by atoms with van der Waals surface area (Å²) >= 11 is 5.92. The van der Waals surface area contributed by atoms with Crippen molar-refractivity contribution in [3.8, 4) is 11.5 Å². The Balaban J connectivity index is 0.00000274. The Hall–Kier alpha value is -2.39. The number of aromatic nitrogens is 2. The number of benzene rings is 2. The molecule has 2 atom stereocenters. The van der Waals surface area contributed by atoms with Gasteiger partial charge in [-0.2, -0.15) is 0 Å². The molecular weight excluding hydrogens is 480 g/mol. The van der Waals surface area contributed by atoms with E-state index in [-0.39, 0.29) is 23.1 Å². The predicted octanol–water partition coefficient (Wildman–Crippen LogP) is 4.66. The second-order valence-corrected chi connectivity index (χ2v) is 8.89. The third-order valence-corrected chi connectivity index (χ3v) is 6.82. The van der Waals surface area contributed by atoms with Crippen molar-refractivity contribution in [3.63, 3.8) is 0 Å². The van der Waals surface area contributed by atoms with Gasteiger partial charge in [0.25, 0.3) is 0 Å². The first-order valence-corrected chi connectivity index (χ1v) is 11.6. The molecule has 7 nitrogen and oxygen atoms in total. The Morgan fingerprint density at radius 2 is 2.12 bits per heavy atom. The van der Waals surface area contributed by atoms with Gasteiger partial charge in [0, 0.05) is 30.6 Å². The van der Waals surface area contributed by atoms with E-state index in [0.717, 1.165) is 32.0 Å². The third-order valence-electron chi connectivity index (χ3n) is 6.53. The zero-order chi connectivity index (χ0) is 22.8. The number of hydrogen-bond acceptors (Lipinski definition) is 7. The molecule has 2 aromatic carbocycles. The van der Waals surface area contributed by atoms with Crippen molar-refractivity contribution in [1.29, 1.82) is 0 Å². The zero-order valence-corrected chi connectivity index (χ0v) is 20.5. The third kappa shape index (κ3) is 5.00. The molecule has 0 saturated carbocycles. The lowest BCUT2D eigenvalue weighted by Gasteiger charge is -2.23. The minimum absolute atomic E-state index is 0.